The molecule has 0 aliphatic rings. The van der Waals surface area contributed by atoms with Crippen molar-refractivity contribution in [3.8, 4) is 33.9 Å². The van der Waals surface area contributed by atoms with Gasteiger partial charge < -0.3 is 0 Å². The third kappa shape index (κ3) is 2.65. The van der Waals surface area contributed by atoms with Gasteiger partial charge in [-0.2, -0.15) is 0 Å². The van der Waals surface area contributed by atoms with Crippen molar-refractivity contribution in [3.63, 3.8) is 0 Å². The lowest BCUT2D eigenvalue weighted by Crippen LogP contribution is -1.95. The van der Waals surface area contributed by atoms with Crippen LogP contribution in [0.2, 0.25) is 0 Å². The molecule has 4 heteroatoms. The summed E-state index contributed by atoms with van der Waals surface area (Å²) in [6, 6.07) is 19.6. The molecule has 0 N–H and O–H groups in total. The quantitative estimate of drug-likeness (QED) is 0.567. The predicted molar refractivity (Wildman–Crippen MR) is 93.9 cm³/mol. The van der Waals surface area contributed by atoms with Crippen molar-refractivity contribution in [2.24, 2.45) is 0 Å². The zero-order valence-corrected chi connectivity index (χ0v) is 12.9. The van der Waals surface area contributed by atoms with Crippen molar-refractivity contribution >= 4 is 0 Å². The van der Waals surface area contributed by atoms with Gasteiger partial charge in [-0.25, -0.2) is 0 Å². The Morgan fingerprint density at radius 3 is 1.67 bits per heavy atom. The number of rotatable bonds is 3. The van der Waals surface area contributed by atoms with E-state index in [1.54, 1.807) is 24.8 Å². The highest BCUT2D eigenvalue weighted by atomic mass is 14.8. The molecule has 4 nitrogen and oxygen atoms in total. The van der Waals surface area contributed by atoms with E-state index in [1.807, 2.05) is 60.7 Å². The third-order valence-corrected chi connectivity index (χ3v) is 3.72. The minimum absolute atomic E-state index is 0.814. The summed E-state index contributed by atoms with van der Waals surface area (Å²) < 4.78 is 0. The lowest BCUT2D eigenvalue weighted by molar-refractivity contribution is 1.23. The van der Waals surface area contributed by atoms with E-state index in [0.29, 0.717) is 0 Å². The van der Waals surface area contributed by atoms with Gasteiger partial charge in [0.2, 0.25) is 0 Å². The Balaban J connectivity index is 1.93. The van der Waals surface area contributed by atoms with Crippen LogP contribution in [0.3, 0.4) is 0 Å². The molecule has 0 fully saturated rings. The van der Waals surface area contributed by atoms with Crippen LogP contribution in [0.5, 0.6) is 0 Å². The molecule has 0 spiro atoms. The number of hydrogen-bond donors (Lipinski definition) is 0. The fourth-order valence-corrected chi connectivity index (χ4v) is 2.65. The number of nitrogens with zero attached hydrogens (tertiary/aromatic N) is 4. The Morgan fingerprint density at radius 2 is 1.00 bits per heavy atom. The standard InChI is InChI=1S/C20H14N4/c1-3-11-21-17(9-1)15-7-5-13-23-19(15)16-8-6-14-24-20(16)18-10-2-4-12-22-18/h1-14H. The Labute approximate surface area is 139 Å². The van der Waals surface area contributed by atoms with Gasteiger partial charge in [0.15, 0.2) is 0 Å². The molecule has 0 saturated carbocycles. The lowest BCUT2D eigenvalue weighted by atomic mass is 10.0. The molecule has 4 aromatic heterocycles. The summed E-state index contributed by atoms with van der Waals surface area (Å²) in [5.74, 6) is 0. The van der Waals surface area contributed by atoms with Crippen molar-refractivity contribution in [2.45, 2.75) is 0 Å². The smallest absolute Gasteiger partial charge is 0.0980 e. The molecule has 0 aliphatic heterocycles. The van der Waals surface area contributed by atoms with Crippen LogP contribution < -0.4 is 0 Å². The molecule has 24 heavy (non-hydrogen) atoms. The van der Waals surface area contributed by atoms with Crippen molar-refractivity contribution in [1.29, 1.82) is 0 Å². The molecule has 4 heterocycles. The topological polar surface area (TPSA) is 51.6 Å². The SMILES string of the molecule is c1ccc(-c2cccnc2-c2cccnc2-c2ccccn2)nc1. The Hall–Kier alpha value is -3.40. The molecule has 0 amide bonds. The van der Waals surface area contributed by atoms with Gasteiger partial charge in [0, 0.05) is 35.9 Å². The van der Waals surface area contributed by atoms with Gasteiger partial charge in [-0.05, 0) is 48.5 Å². The highest BCUT2D eigenvalue weighted by molar-refractivity contribution is 5.85. The van der Waals surface area contributed by atoms with Crippen molar-refractivity contribution < 1.29 is 0 Å². The summed E-state index contributed by atoms with van der Waals surface area (Å²) in [4.78, 5) is 18.0. The van der Waals surface area contributed by atoms with Crippen molar-refractivity contribution in [1.82, 2.24) is 19.9 Å². The van der Waals surface area contributed by atoms with E-state index < -0.39 is 0 Å². The largest absolute Gasteiger partial charge is 0.256 e. The summed E-state index contributed by atoms with van der Waals surface area (Å²) in [6.45, 7) is 0. The maximum absolute atomic E-state index is 4.60. The van der Waals surface area contributed by atoms with E-state index in [0.717, 1.165) is 33.9 Å². The monoisotopic (exact) mass is 310 g/mol. The minimum atomic E-state index is 0.814. The van der Waals surface area contributed by atoms with Gasteiger partial charge in [-0.15, -0.1) is 0 Å². The summed E-state index contributed by atoms with van der Waals surface area (Å²) >= 11 is 0. The van der Waals surface area contributed by atoms with Crippen molar-refractivity contribution in [2.75, 3.05) is 0 Å². The zero-order chi connectivity index (χ0) is 16.2. The second kappa shape index (κ2) is 6.38. The fraction of sp³-hybridized carbons (Fsp3) is 0. The third-order valence-electron chi connectivity index (χ3n) is 3.72. The predicted octanol–water partition coefficient (Wildman–Crippen LogP) is 4.27. The summed E-state index contributed by atoms with van der Waals surface area (Å²) in [7, 11) is 0. The van der Waals surface area contributed by atoms with Crippen LogP contribution in [0, 0.1) is 0 Å². The molecule has 0 aromatic carbocycles. The highest BCUT2D eigenvalue weighted by Gasteiger charge is 2.15. The van der Waals surface area contributed by atoms with Crippen LogP contribution in [0.1, 0.15) is 0 Å². The number of aromatic nitrogens is 4. The molecule has 0 bridgehead atoms. The van der Waals surface area contributed by atoms with E-state index in [2.05, 4.69) is 19.9 Å². The van der Waals surface area contributed by atoms with Gasteiger partial charge in [-0.1, -0.05) is 12.1 Å². The van der Waals surface area contributed by atoms with E-state index in [4.69, 9.17) is 0 Å². The Bertz CT molecular complexity index is 872. The van der Waals surface area contributed by atoms with E-state index in [9.17, 15) is 0 Å². The Kier molecular flexibility index (Phi) is 3.78. The lowest BCUT2D eigenvalue weighted by Gasteiger charge is -2.11. The van der Waals surface area contributed by atoms with Gasteiger partial charge in [0.05, 0.1) is 22.8 Å². The van der Waals surface area contributed by atoms with Crippen LogP contribution in [0.15, 0.2) is 85.5 Å². The Morgan fingerprint density at radius 1 is 0.417 bits per heavy atom. The first-order chi connectivity index (χ1) is 11.9. The number of pyridine rings is 4. The average Bonchev–Trinajstić information content (AvgIpc) is 2.69. The maximum atomic E-state index is 4.60. The molecule has 114 valence electrons. The van der Waals surface area contributed by atoms with E-state index in [1.165, 1.54) is 0 Å². The maximum Gasteiger partial charge on any atom is 0.0980 e. The fourth-order valence-electron chi connectivity index (χ4n) is 2.65. The molecule has 0 radical (unpaired) electrons. The van der Waals surface area contributed by atoms with Gasteiger partial charge in [-0.3, -0.25) is 19.9 Å². The summed E-state index contributed by atoms with van der Waals surface area (Å²) in [5, 5.41) is 0. The normalized spacial score (nSPS) is 10.5. The van der Waals surface area contributed by atoms with Crippen LogP contribution in [-0.2, 0) is 0 Å². The van der Waals surface area contributed by atoms with Crippen molar-refractivity contribution in [3.05, 3.63) is 85.5 Å². The average molecular weight is 310 g/mol. The first-order valence-corrected chi connectivity index (χ1v) is 7.67. The highest BCUT2D eigenvalue weighted by Crippen LogP contribution is 2.33. The van der Waals surface area contributed by atoms with Gasteiger partial charge >= 0.3 is 0 Å². The van der Waals surface area contributed by atoms with E-state index >= 15 is 0 Å². The molecule has 0 saturated heterocycles. The van der Waals surface area contributed by atoms with Crippen LogP contribution in [0.25, 0.3) is 33.9 Å². The molecular formula is C20H14N4. The minimum Gasteiger partial charge on any atom is -0.256 e. The first-order valence-electron chi connectivity index (χ1n) is 7.67. The van der Waals surface area contributed by atoms with Crippen LogP contribution in [-0.4, -0.2) is 19.9 Å². The van der Waals surface area contributed by atoms with Gasteiger partial charge in [0.1, 0.15) is 0 Å². The molecule has 0 unspecified atom stereocenters. The van der Waals surface area contributed by atoms with Crippen LogP contribution in [0.4, 0.5) is 0 Å². The molecule has 4 rings (SSSR count). The summed E-state index contributed by atoms with van der Waals surface area (Å²) in [5.41, 5.74) is 5.29. The second-order valence-corrected chi connectivity index (χ2v) is 5.23. The molecule has 4 aromatic rings. The first kappa shape index (κ1) is 14.2. The van der Waals surface area contributed by atoms with Gasteiger partial charge in [0.25, 0.3) is 0 Å². The second-order valence-electron chi connectivity index (χ2n) is 5.23. The van der Waals surface area contributed by atoms with Crippen LogP contribution >= 0.6 is 0 Å². The zero-order valence-electron chi connectivity index (χ0n) is 12.9. The number of hydrogen-bond acceptors (Lipinski definition) is 4. The molecular weight excluding hydrogens is 296 g/mol. The molecule has 0 aliphatic carbocycles. The summed E-state index contributed by atoms with van der Waals surface area (Å²) in [6.07, 6.45) is 7.12. The molecule has 0 atom stereocenters. The van der Waals surface area contributed by atoms with E-state index in [-0.39, 0.29) is 0 Å².